The van der Waals surface area contributed by atoms with Gasteiger partial charge in [-0.15, -0.1) is 0 Å². The van der Waals surface area contributed by atoms with Crippen molar-refractivity contribution in [3.63, 3.8) is 0 Å². The normalized spacial score (nSPS) is 13.9. The zero-order chi connectivity index (χ0) is 23.0. The SMILES string of the molecule is Cc1cc(C(=O)OC(C)C(=O)N2CC(=O)Nc3ccccc32)c(C)n1-c1ccc(F)cc1. The summed E-state index contributed by atoms with van der Waals surface area (Å²) in [6.45, 7) is 4.90. The minimum Gasteiger partial charge on any atom is -0.449 e. The summed E-state index contributed by atoms with van der Waals surface area (Å²) in [7, 11) is 0. The highest BCUT2D eigenvalue weighted by Gasteiger charge is 2.32. The molecule has 0 saturated carbocycles. The Kier molecular flexibility index (Phi) is 5.52. The molecule has 0 bridgehead atoms. The van der Waals surface area contributed by atoms with Gasteiger partial charge < -0.3 is 14.6 Å². The maximum absolute atomic E-state index is 13.3. The van der Waals surface area contributed by atoms with E-state index in [9.17, 15) is 18.8 Å². The summed E-state index contributed by atoms with van der Waals surface area (Å²) in [6, 6.07) is 14.5. The minimum absolute atomic E-state index is 0.156. The molecule has 1 aliphatic heterocycles. The Morgan fingerprint density at radius 1 is 1.09 bits per heavy atom. The van der Waals surface area contributed by atoms with Crippen molar-refractivity contribution in [3.8, 4) is 5.69 Å². The number of carbonyl (C=O) groups is 3. The Balaban J connectivity index is 1.55. The number of hydrogen-bond acceptors (Lipinski definition) is 4. The zero-order valence-corrected chi connectivity index (χ0v) is 17.9. The van der Waals surface area contributed by atoms with E-state index in [1.54, 1.807) is 49.4 Å². The lowest BCUT2D eigenvalue weighted by molar-refractivity contribution is -0.128. The third-order valence-corrected chi connectivity index (χ3v) is 5.40. The van der Waals surface area contributed by atoms with E-state index in [4.69, 9.17) is 4.74 Å². The highest BCUT2D eigenvalue weighted by Crippen LogP contribution is 2.30. The molecule has 0 aliphatic carbocycles. The predicted octanol–water partition coefficient (Wildman–Crippen LogP) is 3.76. The molecule has 1 aromatic heterocycles. The number of fused-ring (bicyclic) bond motifs is 1. The van der Waals surface area contributed by atoms with Gasteiger partial charge in [-0.25, -0.2) is 9.18 Å². The number of esters is 1. The predicted molar refractivity (Wildman–Crippen MR) is 118 cm³/mol. The van der Waals surface area contributed by atoms with Gasteiger partial charge >= 0.3 is 5.97 Å². The van der Waals surface area contributed by atoms with Crippen molar-refractivity contribution in [2.45, 2.75) is 26.9 Å². The summed E-state index contributed by atoms with van der Waals surface area (Å²) < 4.78 is 20.6. The second kappa shape index (κ2) is 8.30. The van der Waals surface area contributed by atoms with Gasteiger partial charge in [-0.2, -0.15) is 0 Å². The quantitative estimate of drug-likeness (QED) is 0.633. The maximum atomic E-state index is 13.3. The molecule has 3 aromatic rings. The minimum atomic E-state index is -1.10. The lowest BCUT2D eigenvalue weighted by atomic mass is 10.1. The van der Waals surface area contributed by atoms with Crippen LogP contribution in [-0.4, -0.2) is 35.0 Å². The summed E-state index contributed by atoms with van der Waals surface area (Å²) in [5.74, 6) is -1.82. The first-order valence-corrected chi connectivity index (χ1v) is 10.1. The van der Waals surface area contributed by atoms with Gasteiger partial charge in [0.15, 0.2) is 6.10 Å². The highest BCUT2D eigenvalue weighted by atomic mass is 19.1. The number of nitrogens with zero attached hydrogens (tertiary/aromatic N) is 2. The summed E-state index contributed by atoms with van der Waals surface area (Å²) >= 11 is 0. The van der Waals surface area contributed by atoms with Crippen LogP contribution in [0, 0.1) is 19.7 Å². The van der Waals surface area contributed by atoms with Gasteiger partial charge in [0.25, 0.3) is 5.91 Å². The number of aryl methyl sites for hydroxylation is 1. The molecule has 1 unspecified atom stereocenters. The number of aromatic nitrogens is 1. The third-order valence-electron chi connectivity index (χ3n) is 5.40. The first-order valence-electron chi connectivity index (χ1n) is 10.1. The average Bonchev–Trinajstić information content (AvgIpc) is 3.07. The number of halogens is 1. The summed E-state index contributed by atoms with van der Waals surface area (Å²) in [6.07, 6.45) is -1.10. The molecule has 1 atom stereocenters. The topological polar surface area (TPSA) is 80.6 Å². The molecule has 164 valence electrons. The Morgan fingerprint density at radius 2 is 1.78 bits per heavy atom. The monoisotopic (exact) mass is 435 g/mol. The lowest BCUT2D eigenvalue weighted by Crippen LogP contribution is -2.47. The summed E-state index contributed by atoms with van der Waals surface area (Å²) in [4.78, 5) is 39.2. The number of carbonyl (C=O) groups excluding carboxylic acids is 3. The van der Waals surface area contributed by atoms with Gasteiger partial charge in [-0.1, -0.05) is 12.1 Å². The number of hydrogen-bond donors (Lipinski definition) is 1. The van der Waals surface area contributed by atoms with E-state index < -0.39 is 18.0 Å². The van der Waals surface area contributed by atoms with Crippen LogP contribution in [0.25, 0.3) is 5.69 Å². The zero-order valence-electron chi connectivity index (χ0n) is 17.9. The molecule has 7 nitrogen and oxygen atoms in total. The molecule has 4 rings (SSSR count). The number of benzene rings is 2. The summed E-state index contributed by atoms with van der Waals surface area (Å²) in [5, 5.41) is 2.72. The van der Waals surface area contributed by atoms with Crippen LogP contribution in [0.5, 0.6) is 0 Å². The second-order valence-corrected chi connectivity index (χ2v) is 7.63. The molecule has 0 saturated heterocycles. The van der Waals surface area contributed by atoms with Crippen molar-refractivity contribution in [2.24, 2.45) is 0 Å². The molecule has 8 heteroatoms. The first-order chi connectivity index (χ1) is 15.3. The van der Waals surface area contributed by atoms with Crippen LogP contribution in [0.2, 0.25) is 0 Å². The van der Waals surface area contributed by atoms with Crippen LogP contribution in [-0.2, 0) is 14.3 Å². The van der Waals surface area contributed by atoms with Gasteiger partial charge in [-0.3, -0.25) is 14.5 Å². The molecular weight excluding hydrogens is 413 g/mol. The molecule has 2 heterocycles. The fraction of sp³-hybridized carbons (Fsp3) is 0.208. The van der Waals surface area contributed by atoms with Crippen molar-refractivity contribution in [2.75, 3.05) is 16.8 Å². The van der Waals surface area contributed by atoms with Crippen molar-refractivity contribution < 1.29 is 23.5 Å². The van der Waals surface area contributed by atoms with Gasteiger partial charge in [0, 0.05) is 17.1 Å². The molecule has 1 aliphatic rings. The number of para-hydroxylation sites is 2. The average molecular weight is 435 g/mol. The Labute approximate surface area is 184 Å². The third kappa shape index (κ3) is 3.87. The standard InChI is InChI=1S/C24H22FN3O4/c1-14-12-19(15(2)28(14)18-10-8-17(25)9-11-18)24(31)32-16(3)23(30)27-13-22(29)26-20-6-4-5-7-21(20)27/h4-12,16H,13H2,1-3H3,(H,26,29). The Hall–Kier alpha value is -3.94. The number of nitrogens with one attached hydrogen (secondary N) is 1. The van der Waals surface area contributed by atoms with E-state index in [1.165, 1.54) is 24.0 Å². The number of rotatable bonds is 4. The van der Waals surface area contributed by atoms with Crippen molar-refractivity contribution in [1.29, 1.82) is 0 Å². The van der Waals surface area contributed by atoms with Crippen LogP contribution < -0.4 is 10.2 Å². The van der Waals surface area contributed by atoms with Crippen LogP contribution in [0.15, 0.2) is 54.6 Å². The maximum Gasteiger partial charge on any atom is 0.340 e. The molecule has 1 N–H and O–H groups in total. The largest absolute Gasteiger partial charge is 0.449 e. The Morgan fingerprint density at radius 3 is 2.50 bits per heavy atom. The smallest absolute Gasteiger partial charge is 0.340 e. The molecule has 32 heavy (non-hydrogen) atoms. The van der Waals surface area contributed by atoms with Crippen molar-refractivity contribution >= 4 is 29.2 Å². The van der Waals surface area contributed by atoms with Crippen LogP contribution >= 0.6 is 0 Å². The molecule has 0 fully saturated rings. The van der Waals surface area contributed by atoms with Crippen LogP contribution in [0.1, 0.15) is 28.7 Å². The van der Waals surface area contributed by atoms with Crippen molar-refractivity contribution in [1.82, 2.24) is 4.57 Å². The molecule has 0 spiro atoms. The highest BCUT2D eigenvalue weighted by molar-refractivity contribution is 6.11. The van der Waals surface area contributed by atoms with Gasteiger partial charge in [0.1, 0.15) is 12.4 Å². The van der Waals surface area contributed by atoms with E-state index in [0.717, 1.165) is 5.69 Å². The van der Waals surface area contributed by atoms with Gasteiger partial charge in [-0.05, 0) is 63.2 Å². The van der Waals surface area contributed by atoms with E-state index in [2.05, 4.69) is 5.32 Å². The van der Waals surface area contributed by atoms with Crippen LogP contribution in [0.4, 0.5) is 15.8 Å². The summed E-state index contributed by atoms with van der Waals surface area (Å²) in [5.41, 5.74) is 3.47. The van der Waals surface area contributed by atoms with E-state index >= 15 is 0 Å². The fourth-order valence-corrected chi connectivity index (χ4v) is 3.88. The van der Waals surface area contributed by atoms with Gasteiger partial charge in [0.05, 0.1) is 16.9 Å². The molecular formula is C24H22FN3O4. The van der Waals surface area contributed by atoms with Gasteiger partial charge in [0.2, 0.25) is 5.91 Å². The lowest BCUT2D eigenvalue weighted by Gasteiger charge is -2.30. The van der Waals surface area contributed by atoms with E-state index in [-0.39, 0.29) is 18.3 Å². The second-order valence-electron chi connectivity index (χ2n) is 7.63. The van der Waals surface area contributed by atoms with Crippen LogP contribution in [0.3, 0.4) is 0 Å². The first kappa shape index (κ1) is 21.3. The number of ether oxygens (including phenoxy) is 1. The Bertz CT molecular complexity index is 1220. The van der Waals surface area contributed by atoms with E-state index in [0.29, 0.717) is 28.3 Å². The number of anilines is 2. The van der Waals surface area contributed by atoms with E-state index in [1.807, 2.05) is 11.5 Å². The van der Waals surface area contributed by atoms with Crippen molar-refractivity contribution in [3.05, 3.63) is 77.4 Å². The molecule has 0 radical (unpaired) electrons. The number of amides is 2. The molecule has 2 amide bonds. The molecule has 2 aromatic carbocycles. The fourth-order valence-electron chi connectivity index (χ4n) is 3.88.